The van der Waals surface area contributed by atoms with E-state index in [1.165, 1.54) is 31.0 Å². The topological polar surface area (TPSA) is 62.5 Å². The average Bonchev–Trinajstić information content (AvgIpc) is 3.16. The van der Waals surface area contributed by atoms with Crippen molar-refractivity contribution in [3.8, 4) is 0 Å². The number of aromatic nitrogens is 2. The van der Waals surface area contributed by atoms with Crippen molar-refractivity contribution in [1.82, 2.24) is 15.1 Å². The van der Waals surface area contributed by atoms with Crippen LogP contribution in [0.25, 0.3) is 0 Å². The third kappa shape index (κ3) is 5.48. The first kappa shape index (κ1) is 19.7. The van der Waals surface area contributed by atoms with E-state index >= 15 is 0 Å². The molecule has 2 aromatic rings. The second kappa shape index (κ2) is 9.26. The molecule has 0 bridgehead atoms. The maximum Gasteiger partial charge on any atom is 0.277 e. The summed E-state index contributed by atoms with van der Waals surface area (Å²) in [6.45, 7) is 0.588. The summed E-state index contributed by atoms with van der Waals surface area (Å²) in [5, 5.41) is 8.78. The van der Waals surface area contributed by atoms with Crippen LogP contribution in [0.3, 0.4) is 0 Å². The van der Waals surface area contributed by atoms with Gasteiger partial charge in [-0.3, -0.25) is 4.79 Å². The van der Waals surface area contributed by atoms with E-state index in [0.717, 1.165) is 30.0 Å². The Morgan fingerprint density at radius 1 is 1.11 bits per heavy atom. The Labute approximate surface area is 165 Å². The zero-order valence-electron chi connectivity index (χ0n) is 16.4. The Morgan fingerprint density at radius 2 is 1.81 bits per heavy atom. The van der Waals surface area contributed by atoms with Crippen molar-refractivity contribution in [2.75, 3.05) is 31.8 Å². The molecular weight excluding hydrogens is 360 g/mol. The first-order chi connectivity index (χ1) is 13.0. The smallest absolute Gasteiger partial charge is 0.277 e. The molecule has 1 aliphatic rings. The van der Waals surface area contributed by atoms with Crippen LogP contribution in [0.5, 0.6) is 0 Å². The van der Waals surface area contributed by atoms with E-state index < -0.39 is 0 Å². The maximum atomic E-state index is 12.4. The van der Waals surface area contributed by atoms with Crippen molar-refractivity contribution in [2.24, 2.45) is 0 Å². The van der Waals surface area contributed by atoms with Crippen molar-refractivity contribution >= 4 is 23.4 Å². The molecule has 7 heteroatoms. The highest BCUT2D eigenvalue weighted by Gasteiger charge is 2.22. The molecule has 27 heavy (non-hydrogen) atoms. The van der Waals surface area contributed by atoms with E-state index in [0.29, 0.717) is 23.4 Å². The second-order valence-electron chi connectivity index (χ2n) is 7.34. The lowest BCUT2D eigenvalue weighted by Crippen LogP contribution is -2.27. The minimum atomic E-state index is 0.0501. The minimum absolute atomic E-state index is 0.0501. The molecule has 0 radical (unpaired) electrons. The summed E-state index contributed by atoms with van der Waals surface area (Å²) >= 11 is 1.32. The minimum Gasteiger partial charge on any atom is -0.416 e. The highest BCUT2D eigenvalue weighted by Crippen LogP contribution is 2.32. The number of hydrogen-bond donors (Lipinski definition) is 0. The van der Waals surface area contributed by atoms with E-state index in [4.69, 9.17) is 4.42 Å². The summed E-state index contributed by atoms with van der Waals surface area (Å²) in [7, 11) is 5.85. The number of amides is 1. The highest BCUT2D eigenvalue weighted by atomic mass is 32.2. The Morgan fingerprint density at radius 3 is 2.48 bits per heavy atom. The summed E-state index contributed by atoms with van der Waals surface area (Å²) in [6, 6.07) is 8.24. The number of rotatable bonds is 7. The van der Waals surface area contributed by atoms with Gasteiger partial charge in [-0.1, -0.05) is 43.2 Å². The fraction of sp³-hybridized carbons (Fsp3) is 0.550. The molecule has 1 aliphatic carbocycles. The first-order valence-corrected chi connectivity index (χ1v) is 10.5. The molecule has 1 saturated carbocycles. The molecule has 1 aromatic heterocycles. The fourth-order valence-electron chi connectivity index (χ4n) is 3.29. The standard InChI is InChI=1S/C20H28N4O2S/c1-23(2)17-11-9-15(10-12-17)13-24(3)18(25)14-27-20-22-21-19(26-20)16-7-5-4-6-8-16/h9-12,16H,4-8,13-14H2,1-3H3. The number of thioether (sulfide) groups is 1. The van der Waals surface area contributed by atoms with Gasteiger partial charge < -0.3 is 14.2 Å². The van der Waals surface area contributed by atoms with Gasteiger partial charge in [0.25, 0.3) is 5.22 Å². The molecule has 1 amide bonds. The van der Waals surface area contributed by atoms with E-state index in [2.05, 4.69) is 39.4 Å². The van der Waals surface area contributed by atoms with Gasteiger partial charge in [-0.05, 0) is 30.5 Å². The summed E-state index contributed by atoms with van der Waals surface area (Å²) in [5.74, 6) is 1.48. The summed E-state index contributed by atoms with van der Waals surface area (Å²) in [6.07, 6.45) is 6.01. The van der Waals surface area contributed by atoms with Crippen molar-refractivity contribution in [3.05, 3.63) is 35.7 Å². The van der Waals surface area contributed by atoms with Crippen molar-refractivity contribution in [3.63, 3.8) is 0 Å². The molecular formula is C20H28N4O2S. The van der Waals surface area contributed by atoms with Crippen LogP contribution < -0.4 is 4.90 Å². The third-order valence-electron chi connectivity index (χ3n) is 4.99. The maximum absolute atomic E-state index is 12.4. The number of carbonyl (C=O) groups excluding carboxylic acids is 1. The normalized spacial score (nSPS) is 14.9. The van der Waals surface area contributed by atoms with Gasteiger partial charge in [0, 0.05) is 39.3 Å². The number of nitrogens with zero attached hydrogens (tertiary/aromatic N) is 4. The molecule has 1 fully saturated rings. The van der Waals surface area contributed by atoms with E-state index in [-0.39, 0.29) is 5.91 Å². The number of benzene rings is 1. The lowest BCUT2D eigenvalue weighted by Gasteiger charge is -2.18. The first-order valence-electron chi connectivity index (χ1n) is 9.49. The molecule has 146 valence electrons. The molecule has 6 nitrogen and oxygen atoms in total. The Kier molecular flexibility index (Phi) is 6.77. The van der Waals surface area contributed by atoms with Gasteiger partial charge >= 0.3 is 0 Å². The van der Waals surface area contributed by atoms with Crippen LogP contribution in [0.15, 0.2) is 33.9 Å². The molecule has 1 aromatic carbocycles. The van der Waals surface area contributed by atoms with Gasteiger partial charge in [0.05, 0.1) is 5.75 Å². The fourth-order valence-corrected chi connectivity index (χ4v) is 4.00. The molecule has 1 heterocycles. The summed E-state index contributed by atoms with van der Waals surface area (Å²) < 4.78 is 5.77. The Balaban J connectivity index is 1.47. The number of hydrogen-bond acceptors (Lipinski definition) is 6. The SMILES string of the molecule is CN(Cc1ccc(N(C)C)cc1)C(=O)CSc1nnc(C2CCCCC2)o1. The van der Waals surface area contributed by atoms with Gasteiger partial charge in [0.15, 0.2) is 0 Å². The van der Waals surface area contributed by atoms with E-state index in [1.807, 2.05) is 21.1 Å². The van der Waals surface area contributed by atoms with Crippen LogP contribution in [-0.2, 0) is 11.3 Å². The molecule has 0 N–H and O–H groups in total. The van der Waals surface area contributed by atoms with Crippen LogP contribution in [-0.4, -0.2) is 47.9 Å². The highest BCUT2D eigenvalue weighted by molar-refractivity contribution is 7.99. The van der Waals surface area contributed by atoms with Crippen LogP contribution in [0.2, 0.25) is 0 Å². The second-order valence-corrected chi connectivity index (χ2v) is 8.27. The lowest BCUT2D eigenvalue weighted by atomic mass is 9.89. The lowest BCUT2D eigenvalue weighted by molar-refractivity contribution is -0.127. The number of carbonyl (C=O) groups is 1. The zero-order chi connectivity index (χ0) is 19.2. The molecule has 3 rings (SSSR count). The predicted molar refractivity (Wildman–Crippen MR) is 108 cm³/mol. The third-order valence-corrected chi connectivity index (χ3v) is 5.80. The van der Waals surface area contributed by atoms with Gasteiger partial charge in [-0.25, -0.2) is 0 Å². The molecule has 0 spiro atoms. The van der Waals surface area contributed by atoms with E-state index in [9.17, 15) is 4.79 Å². The van der Waals surface area contributed by atoms with Gasteiger partial charge in [-0.15, -0.1) is 10.2 Å². The quantitative estimate of drug-likeness (QED) is 0.670. The monoisotopic (exact) mass is 388 g/mol. The predicted octanol–water partition coefficient (Wildman–Crippen LogP) is 3.93. The Bertz CT molecular complexity index is 739. The molecule has 0 aliphatic heterocycles. The summed E-state index contributed by atoms with van der Waals surface area (Å²) in [4.78, 5) is 16.2. The molecule has 0 atom stereocenters. The van der Waals surface area contributed by atoms with Crippen molar-refractivity contribution in [2.45, 2.75) is 49.8 Å². The van der Waals surface area contributed by atoms with Crippen molar-refractivity contribution < 1.29 is 9.21 Å². The van der Waals surface area contributed by atoms with Crippen LogP contribution in [0, 0.1) is 0 Å². The number of anilines is 1. The van der Waals surface area contributed by atoms with Crippen LogP contribution >= 0.6 is 11.8 Å². The van der Waals surface area contributed by atoms with Crippen LogP contribution in [0.4, 0.5) is 5.69 Å². The van der Waals surface area contributed by atoms with Crippen LogP contribution in [0.1, 0.15) is 49.5 Å². The Hall–Kier alpha value is -2.02. The van der Waals surface area contributed by atoms with E-state index in [1.54, 1.807) is 4.90 Å². The largest absolute Gasteiger partial charge is 0.416 e. The molecule has 0 unspecified atom stereocenters. The average molecular weight is 389 g/mol. The van der Waals surface area contributed by atoms with Gasteiger partial charge in [0.1, 0.15) is 0 Å². The van der Waals surface area contributed by atoms with Crippen molar-refractivity contribution in [1.29, 1.82) is 0 Å². The zero-order valence-corrected chi connectivity index (χ0v) is 17.2. The van der Waals surface area contributed by atoms with Gasteiger partial charge in [-0.2, -0.15) is 0 Å². The van der Waals surface area contributed by atoms with Gasteiger partial charge in [0.2, 0.25) is 11.8 Å². The molecule has 0 saturated heterocycles. The summed E-state index contributed by atoms with van der Waals surface area (Å²) in [5.41, 5.74) is 2.26.